The molecular weight excluding hydrogens is 308 g/mol. The van der Waals surface area contributed by atoms with E-state index in [0.717, 1.165) is 29.6 Å². The number of phenols is 1. The summed E-state index contributed by atoms with van der Waals surface area (Å²) in [5.74, 6) is 1.67. The van der Waals surface area contributed by atoms with Crippen molar-refractivity contribution in [2.24, 2.45) is 0 Å². The Hall–Kier alpha value is -2.53. The van der Waals surface area contributed by atoms with E-state index in [1.807, 2.05) is 30.3 Å². The summed E-state index contributed by atoms with van der Waals surface area (Å²) >= 11 is 0. The van der Waals surface area contributed by atoms with Crippen LogP contribution in [0.3, 0.4) is 0 Å². The van der Waals surface area contributed by atoms with Gasteiger partial charge in [0.05, 0.1) is 13.7 Å². The Morgan fingerprint density at radius 1 is 1.00 bits per heavy atom. The van der Waals surface area contributed by atoms with Crippen molar-refractivity contribution in [1.82, 2.24) is 0 Å². The van der Waals surface area contributed by atoms with E-state index in [9.17, 15) is 5.11 Å². The van der Waals surface area contributed by atoms with E-state index in [1.165, 1.54) is 6.92 Å². The van der Waals surface area contributed by atoms with Crippen molar-refractivity contribution in [3.05, 3.63) is 53.6 Å². The lowest BCUT2D eigenvalue weighted by Gasteiger charge is -2.10. The predicted molar refractivity (Wildman–Crippen MR) is 92.8 cm³/mol. The predicted octanol–water partition coefficient (Wildman–Crippen LogP) is 3.37. The fourth-order valence-corrected chi connectivity index (χ4v) is 1.98. The van der Waals surface area contributed by atoms with E-state index in [-0.39, 0.29) is 5.75 Å². The number of carbonyl (C=O) groups excluding carboxylic acids is 1. The van der Waals surface area contributed by atoms with Gasteiger partial charge in [0.15, 0.2) is 0 Å². The first-order valence-electron chi connectivity index (χ1n) is 7.60. The standard InChI is InChI=1S/C17H20O4.C2H4O/c1-19-8-7-14-9-15(18)11-17(10-14)21-12-13-3-5-16(20-2)6-4-13;1-2-3/h3-6,9-11,18H,7-8,12H2,1-2H3;2H,1H3. The number of phenolic OH excluding ortho intramolecular Hbond substituents is 1. The van der Waals surface area contributed by atoms with Crippen LogP contribution >= 0.6 is 0 Å². The van der Waals surface area contributed by atoms with Crippen LogP contribution in [0.4, 0.5) is 0 Å². The smallest absolute Gasteiger partial charge is 0.123 e. The third-order valence-corrected chi connectivity index (χ3v) is 3.11. The van der Waals surface area contributed by atoms with Gasteiger partial charge in [0.2, 0.25) is 0 Å². The normalized spacial score (nSPS) is 9.62. The Kier molecular flexibility index (Phi) is 9.01. The van der Waals surface area contributed by atoms with E-state index in [2.05, 4.69) is 0 Å². The number of rotatable bonds is 7. The minimum atomic E-state index is 0.202. The first-order valence-corrected chi connectivity index (χ1v) is 7.60. The molecule has 0 aromatic heterocycles. The molecule has 2 aromatic carbocycles. The second-order valence-electron chi connectivity index (χ2n) is 4.95. The highest BCUT2D eigenvalue weighted by molar-refractivity contribution is 5.44. The second-order valence-corrected chi connectivity index (χ2v) is 4.95. The van der Waals surface area contributed by atoms with Crippen LogP contribution in [0.5, 0.6) is 17.2 Å². The summed E-state index contributed by atoms with van der Waals surface area (Å²) in [6, 6.07) is 12.9. The minimum Gasteiger partial charge on any atom is -0.508 e. The number of ether oxygens (including phenoxy) is 3. The van der Waals surface area contributed by atoms with E-state index in [1.54, 1.807) is 26.4 Å². The minimum absolute atomic E-state index is 0.202. The van der Waals surface area contributed by atoms with Crippen molar-refractivity contribution in [1.29, 1.82) is 0 Å². The highest BCUT2D eigenvalue weighted by atomic mass is 16.5. The molecule has 0 aliphatic rings. The fourth-order valence-electron chi connectivity index (χ4n) is 1.98. The van der Waals surface area contributed by atoms with Gasteiger partial charge in [-0.1, -0.05) is 12.1 Å². The molecule has 0 atom stereocenters. The summed E-state index contributed by atoms with van der Waals surface area (Å²) in [5.41, 5.74) is 2.03. The van der Waals surface area contributed by atoms with Crippen molar-refractivity contribution in [2.75, 3.05) is 20.8 Å². The molecule has 0 saturated carbocycles. The quantitative estimate of drug-likeness (QED) is 0.788. The van der Waals surface area contributed by atoms with Crippen LogP contribution in [0.2, 0.25) is 0 Å². The van der Waals surface area contributed by atoms with Gasteiger partial charge in [-0.05, 0) is 48.7 Å². The maximum Gasteiger partial charge on any atom is 0.123 e. The summed E-state index contributed by atoms with van der Waals surface area (Å²) in [6.07, 6.45) is 1.49. The van der Waals surface area contributed by atoms with Crippen LogP contribution < -0.4 is 9.47 Å². The monoisotopic (exact) mass is 332 g/mol. The molecule has 0 spiro atoms. The van der Waals surface area contributed by atoms with E-state index < -0.39 is 0 Å². The average molecular weight is 332 g/mol. The summed E-state index contributed by atoms with van der Waals surface area (Å²) < 4.78 is 15.9. The Bertz CT molecular complexity index is 608. The Balaban J connectivity index is 0.000000891. The van der Waals surface area contributed by atoms with Crippen molar-refractivity contribution >= 4 is 6.29 Å². The van der Waals surface area contributed by atoms with Crippen LogP contribution in [0, 0.1) is 0 Å². The average Bonchev–Trinajstić information content (AvgIpc) is 2.59. The molecule has 1 N–H and O–H groups in total. The molecule has 5 heteroatoms. The Morgan fingerprint density at radius 2 is 1.67 bits per heavy atom. The summed E-state index contributed by atoms with van der Waals surface area (Å²) in [7, 11) is 3.30. The fraction of sp³-hybridized carbons (Fsp3) is 0.316. The molecule has 0 bridgehead atoms. The maximum absolute atomic E-state index is 9.72. The third kappa shape index (κ3) is 7.15. The Morgan fingerprint density at radius 3 is 2.25 bits per heavy atom. The van der Waals surface area contributed by atoms with Gasteiger partial charge < -0.3 is 24.1 Å². The maximum atomic E-state index is 9.72. The van der Waals surface area contributed by atoms with Gasteiger partial charge in [-0.3, -0.25) is 0 Å². The number of methoxy groups -OCH3 is 2. The van der Waals surface area contributed by atoms with Gasteiger partial charge in [0.25, 0.3) is 0 Å². The molecule has 0 aliphatic heterocycles. The molecule has 24 heavy (non-hydrogen) atoms. The van der Waals surface area contributed by atoms with Gasteiger partial charge in [0, 0.05) is 13.2 Å². The first kappa shape index (κ1) is 19.5. The molecule has 5 nitrogen and oxygen atoms in total. The number of carbonyl (C=O) groups is 1. The molecule has 0 saturated heterocycles. The summed E-state index contributed by atoms with van der Waals surface area (Å²) in [6.45, 7) is 2.50. The lowest BCUT2D eigenvalue weighted by molar-refractivity contribution is -0.106. The Labute approximate surface area is 142 Å². The van der Waals surface area contributed by atoms with Crippen molar-refractivity contribution < 1.29 is 24.1 Å². The molecule has 0 fully saturated rings. The van der Waals surface area contributed by atoms with E-state index >= 15 is 0 Å². The van der Waals surface area contributed by atoms with E-state index in [4.69, 9.17) is 19.0 Å². The van der Waals surface area contributed by atoms with Crippen LogP contribution in [0.1, 0.15) is 18.1 Å². The van der Waals surface area contributed by atoms with Crippen LogP contribution in [0.25, 0.3) is 0 Å². The highest BCUT2D eigenvalue weighted by Crippen LogP contribution is 2.23. The lowest BCUT2D eigenvalue weighted by atomic mass is 10.1. The van der Waals surface area contributed by atoms with Crippen molar-refractivity contribution in [3.63, 3.8) is 0 Å². The van der Waals surface area contributed by atoms with Crippen molar-refractivity contribution in [3.8, 4) is 17.2 Å². The van der Waals surface area contributed by atoms with Gasteiger partial charge in [-0.2, -0.15) is 0 Å². The zero-order valence-corrected chi connectivity index (χ0v) is 14.3. The largest absolute Gasteiger partial charge is 0.508 e. The molecule has 0 radical (unpaired) electrons. The third-order valence-electron chi connectivity index (χ3n) is 3.11. The number of benzene rings is 2. The number of hydrogen-bond donors (Lipinski definition) is 1. The highest BCUT2D eigenvalue weighted by Gasteiger charge is 2.03. The molecule has 0 aliphatic carbocycles. The molecule has 0 heterocycles. The van der Waals surface area contributed by atoms with Crippen molar-refractivity contribution in [2.45, 2.75) is 20.0 Å². The SMILES string of the molecule is CC=O.COCCc1cc(O)cc(OCc2ccc(OC)cc2)c1. The zero-order chi connectivity index (χ0) is 17.8. The lowest BCUT2D eigenvalue weighted by Crippen LogP contribution is -1.98. The molecule has 0 amide bonds. The molecule has 2 aromatic rings. The van der Waals surface area contributed by atoms with Crippen LogP contribution in [-0.2, 0) is 22.6 Å². The molecule has 130 valence electrons. The first-order chi connectivity index (χ1) is 11.6. The zero-order valence-electron chi connectivity index (χ0n) is 14.3. The van der Waals surface area contributed by atoms with E-state index in [0.29, 0.717) is 19.0 Å². The topological polar surface area (TPSA) is 65.0 Å². The van der Waals surface area contributed by atoms with Crippen LogP contribution in [0.15, 0.2) is 42.5 Å². The molecular formula is C19H24O5. The molecule has 0 unspecified atom stereocenters. The number of aromatic hydroxyl groups is 1. The van der Waals surface area contributed by atoms with Crippen LogP contribution in [-0.4, -0.2) is 32.2 Å². The van der Waals surface area contributed by atoms with Gasteiger partial charge >= 0.3 is 0 Å². The summed E-state index contributed by atoms with van der Waals surface area (Å²) in [4.78, 5) is 8.81. The van der Waals surface area contributed by atoms with Gasteiger partial charge in [0.1, 0.15) is 30.1 Å². The van der Waals surface area contributed by atoms with Gasteiger partial charge in [-0.15, -0.1) is 0 Å². The number of aldehydes is 1. The number of hydrogen-bond acceptors (Lipinski definition) is 5. The molecule has 2 rings (SSSR count). The second kappa shape index (κ2) is 11.1. The summed E-state index contributed by atoms with van der Waals surface area (Å²) in [5, 5.41) is 9.72. The van der Waals surface area contributed by atoms with Gasteiger partial charge in [-0.25, -0.2) is 0 Å².